The fourth-order valence-electron chi connectivity index (χ4n) is 3.00. The van der Waals surface area contributed by atoms with E-state index in [2.05, 4.69) is 54.6 Å². The van der Waals surface area contributed by atoms with Gasteiger partial charge in [0.1, 0.15) is 0 Å². The molecule has 114 valence electrons. The van der Waals surface area contributed by atoms with Gasteiger partial charge in [-0.05, 0) is 47.2 Å². The summed E-state index contributed by atoms with van der Waals surface area (Å²) in [5.74, 6) is 0.978. The summed E-state index contributed by atoms with van der Waals surface area (Å²) in [5, 5.41) is 0. The van der Waals surface area contributed by atoms with E-state index in [1.54, 1.807) is 11.8 Å². The highest BCUT2D eigenvalue weighted by molar-refractivity contribution is 8.23. The van der Waals surface area contributed by atoms with Crippen molar-refractivity contribution in [1.82, 2.24) is 0 Å². The number of allylic oxidation sites excluding steroid dienone is 2. The number of benzene rings is 2. The summed E-state index contributed by atoms with van der Waals surface area (Å²) in [6.45, 7) is 0. The summed E-state index contributed by atoms with van der Waals surface area (Å²) < 4.78 is 1.01. The Balaban J connectivity index is 1.60. The predicted octanol–water partition coefficient (Wildman–Crippen LogP) is 6.14. The van der Waals surface area contributed by atoms with Gasteiger partial charge < -0.3 is 0 Å². The number of thiocarbonyl (C=S) groups is 1. The molecule has 3 heteroatoms. The number of hydrogen-bond acceptors (Lipinski definition) is 3. The highest BCUT2D eigenvalue weighted by Crippen LogP contribution is 2.44. The lowest BCUT2D eigenvalue weighted by molar-refractivity contribution is 0.945. The van der Waals surface area contributed by atoms with Crippen LogP contribution in [0.5, 0.6) is 0 Å². The van der Waals surface area contributed by atoms with Crippen LogP contribution in [0.4, 0.5) is 0 Å². The van der Waals surface area contributed by atoms with Crippen molar-refractivity contribution < 1.29 is 0 Å². The number of aryl methyl sites for hydroxylation is 1. The zero-order chi connectivity index (χ0) is 15.6. The molecule has 0 atom stereocenters. The zero-order valence-electron chi connectivity index (χ0n) is 12.6. The molecule has 0 N–H and O–H groups in total. The van der Waals surface area contributed by atoms with Gasteiger partial charge in [0.2, 0.25) is 0 Å². The van der Waals surface area contributed by atoms with Crippen molar-refractivity contribution in [1.29, 1.82) is 0 Å². The summed E-state index contributed by atoms with van der Waals surface area (Å²) in [6, 6.07) is 19.2. The monoisotopic (exact) mass is 352 g/mol. The van der Waals surface area contributed by atoms with E-state index in [4.69, 9.17) is 12.2 Å². The van der Waals surface area contributed by atoms with E-state index in [1.165, 1.54) is 32.1 Å². The Labute approximate surface area is 151 Å². The Morgan fingerprint density at radius 2 is 1.74 bits per heavy atom. The fraction of sp³-hybridized carbons (Fsp3) is 0.150. The molecule has 0 amide bonds. The van der Waals surface area contributed by atoms with E-state index >= 15 is 0 Å². The van der Waals surface area contributed by atoms with Crippen molar-refractivity contribution >= 4 is 44.8 Å². The van der Waals surface area contributed by atoms with Crippen molar-refractivity contribution in [3.8, 4) is 0 Å². The van der Waals surface area contributed by atoms with Crippen molar-refractivity contribution in [2.75, 3.05) is 5.75 Å². The van der Waals surface area contributed by atoms with Crippen LogP contribution in [0.3, 0.4) is 0 Å². The first kappa shape index (κ1) is 15.3. The third kappa shape index (κ3) is 3.18. The van der Waals surface area contributed by atoms with Gasteiger partial charge in [-0.25, -0.2) is 0 Å². The molecule has 0 saturated heterocycles. The molecular formula is C20H16S3. The maximum Gasteiger partial charge on any atom is 0.0794 e. The van der Waals surface area contributed by atoms with Crippen LogP contribution in [0.25, 0.3) is 4.91 Å². The Bertz CT molecular complexity index is 816. The van der Waals surface area contributed by atoms with E-state index in [9.17, 15) is 0 Å². The average Bonchev–Trinajstić information content (AvgIpc) is 2.62. The largest absolute Gasteiger partial charge is 0.120 e. The maximum absolute atomic E-state index is 5.69. The molecule has 1 aliphatic carbocycles. The third-order valence-electron chi connectivity index (χ3n) is 4.15. The van der Waals surface area contributed by atoms with Crippen LogP contribution in [-0.4, -0.2) is 9.95 Å². The molecule has 0 nitrogen and oxygen atoms in total. The van der Waals surface area contributed by atoms with Gasteiger partial charge in [-0.3, -0.25) is 0 Å². The van der Waals surface area contributed by atoms with Crippen molar-refractivity contribution in [2.24, 2.45) is 0 Å². The standard InChI is InChI=1S/C20H16S3/c21-20(23-17-7-2-1-3-8-17)16-12-15-11-10-14-6-4-5-9-18(14)19(15)22-13-16/h1-9,12H,10-11,13H2. The molecule has 0 bridgehead atoms. The highest BCUT2D eigenvalue weighted by Gasteiger charge is 2.23. The molecule has 0 saturated carbocycles. The topological polar surface area (TPSA) is 0 Å². The van der Waals surface area contributed by atoms with Gasteiger partial charge in [0, 0.05) is 15.6 Å². The summed E-state index contributed by atoms with van der Waals surface area (Å²) in [5.41, 5.74) is 5.68. The van der Waals surface area contributed by atoms with E-state index in [0.717, 1.165) is 22.8 Å². The molecule has 0 unspecified atom stereocenters. The lowest BCUT2D eigenvalue weighted by Gasteiger charge is -2.26. The Kier molecular flexibility index (Phi) is 4.43. The van der Waals surface area contributed by atoms with Gasteiger partial charge in [-0.15, -0.1) is 11.8 Å². The zero-order valence-corrected chi connectivity index (χ0v) is 15.1. The molecule has 0 fully saturated rings. The first-order valence-corrected chi connectivity index (χ1v) is 9.94. The van der Waals surface area contributed by atoms with Crippen LogP contribution in [0, 0.1) is 0 Å². The molecule has 2 aliphatic rings. The average molecular weight is 353 g/mol. The van der Waals surface area contributed by atoms with Crippen LogP contribution < -0.4 is 0 Å². The number of fused-ring (bicyclic) bond motifs is 2. The van der Waals surface area contributed by atoms with E-state index in [0.29, 0.717) is 0 Å². The normalized spacial score (nSPS) is 16.4. The maximum atomic E-state index is 5.69. The van der Waals surface area contributed by atoms with Crippen molar-refractivity contribution in [3.05, 3.63) is 82.9 Å². The quantitative estimate of drug-likeness (QED) is 0.471. The SMILES string of the molecule is S=C(Sc1ccccc1)C1=CC2=C(SC1)c1ccccc1CC2. The van der Waals surface area contributed by atoms with Crippen molar-refractivity contribution in [2.45, 2.75) is 17.7 Å². The molecule has 1 aliphatic heterocycles. The van der Waals surface area contributed by atoms with Gasteiger partial charge in [0.05, 0.1) is 4.20 Å². The van der Waals surface area contributed by atoms with Crippen LogP contribution in [0.15, 0.2) is 76.7 Å². The summed E-state index contributed by atoms with van der Waals surface area (Å²) in [7, 11) is 0. The minimum atomic E-state index is 0.978. The van der Waals surface area contributed by atoms with Crippen LogP contribution >= 0.6 is 35.7 Å². The highest BCUT2D eigenvalue weighted by atomic mass is 32.2. The third-order valence-corrected chi connectivity index (χ3v) is 6.85. The van der Waals surface area contributed by atoms with Crippen LogP contribution in [0.2, 0.25) is 0 Å². The second-order valence-corrected chi connectivity index (χ2v) is 8.41. The summed E-state index contributed by atoms with van der Waals surface area (Å²) >= 11 is 9.34. The molecule has 0 spiro atoms. The fourth-order valence-corrected chi connectivity index (χ4v) is 5.61. The number of rotatable bonds is 2. The molecule has 2 aromatic rings. The lowest BCUT2D eigenvalue weighted by Crippen LogP contribution is -2.09. The second kappa shape index (κ2) is 6.68. The summed E-state index contributed by atoms with van der Waals surface area (Å²) in [6.07, 6.45) is 4.61. The number of thioether (sulfide) groups is 2. The molecule has 0 aromatic heterocycles. The van der Waals surface area contributed by atoms with Crippen LogP contribution in [0.1, 0.15) is 17.5 Å². The Hall–Kier alpha value is -1.29. The summed E-state index contributed by atoms with van der Waals surface area (Å²) in [4.78, 5) is 2.68. The van der Waals surface area contributed by atoms with E-state index < -0.39 is 0 Å². The Morgan fingerprint density at radius 3 is 2.61 bits per heavy atom. The van der Waals surface area contributed by atoms with Gasteiger partial charge in [-0.1, -0.05) is 72.5 Å². The molecule has 0 radical (unpaired) electrons. The molecular weight excluding hydrogens is 336 g/mol. The minimum absolute atomic E-state index is 0.978. The van der Waals surface area contributed by atoms with Gasteiger partial charge in [0.15, 0.2) is 0 Å². The molecule has 1 heterocycles. The van der Waals surface area contributed by atoms with Gasteiger partial charge in [-0.2, -0.15) is 0 Å². The molecule has 23 heavy (non-hydrogen) atoms. The smallest absolute Gasteiger partial charge is 0.0794 e. The van der Waals surface area contributed by atoms with E-state index in [-0.39, 0.29) is 0 Å². The van der Waals surface area contributed by atoms with Gasteiger partial charge in [0.25, 0.3) is 0 Å². The van der Waals surface area contributed by atoms with E-state index in [1.807, 2.05) is 17.8 Å². The predicted molar refractivity (Wildman–Crippen MR) is 107 cm³/mol. The minimum Gasteiger partial charge on any atom is -0.120 e. The van der Waals surface area contributed by atoms with Gasteiger partial charge >= 0.3 is 0 Å². The first-order valence-electron chi connectivity index (χ1n) is 7.73. The lowest BCUT2D eigenvalue weighted by atomic mass is 9.91. The second-order valence-electron chi connectivity index (χ2n) is 5.67. The molecule has 4 rings (SSSR count). The molecule has 2 aromatic carbocycles. The van der Waals surface area contributed by atoms with Crippen LogP contribution in [-0.2, 0) is 6.42 Å². The van der Waals surface area contributed by atoms with Crippen molar-refractivity contribution in [3.63, 3.8) is 0 Å². The Morgan fingerprint density at radius 1 is 0.957 bits per heavy atom. The first-order chi connectivity index (χ1) is 11.3. The number of hydrogen-bond donors (Lipinski definition) is 0.